The average molecular weight is 505 g/mol. The van der Waals surface area contributed by atoms with Crippen molar-refractivity contribution in [2.75, 3.05) is 27.1 Å². The Bertz CT molecular complexity index is 1300. The normalized spacial score (nSPS) is 19.4. The predicted molar refractivity (Wildman–Crippen MR) is 138 cm³/mol. The van der Waals surface area contributed by atoms with E-state index in [1.54, 1.807) is 7.11 Å². The lowest BCUT2D eigenvalue weighted by Crippen LogP contribution is -2.39. The quantitative estimate of drug-likeness (QED) is 0.385. The molecule has 0 saturated carbocycles. The van der Waals surface area contributed by atoms with E-state index in [9.17, 15) is 9.90 Å². The molecule has 194 valence electrons. The Labute approximate surface area is 216 Å². The minimum absolute atomic E-state index is 0.135. The van der Waals surface area contributed by atoms with Crippen LogP contribution in [0.3, 0.4) is 0 Å². The van der Waals surface area contributed by atoms with Crippen LogP contribution in [0.15, 0.2) is 54.6 Å². The van der Waals surface area contributed by atoms with Gasteiger partial charge in [-0.2, -0.15) is 0 Å². The molecule has 3 aromatic rings. The van der Waals surface area contributed by atoms with E-state index in [1.165, 1.54) is 0 Å². The third kappa shape index (κ3) is 4.22. The first-order chi connectivity index (χ1) is 18.0. The van der Waals surface area contributed by atoms with Gasteiger partial charge in [0.15, 0.2) is 11.5 Å². The molecule has 3 aromatic carbocycles. The lowest BCUT2D eigenvalue weighted by atomic mass is 9.64. The SMILES string of the molecule is CCCOc1ccc2c(c1)CC(C(=O)O)C2(c1ccc2c(c1)OCO2)c1ccc(OC)cc1OCCC. The Morgan fingerprint density at radius 2 is 1.65 bits per heavy atom. The zero-order chi connectivity index (χ0) is 26.0. The van der Waals surface area contributed by atoms with Gasteiger partial charge in [0.05, 0.1) is 31.7 Å². The second-order valence-corrected chi connectivity index (χ2v) is 9.35. The Balaban J connectivity index is 1.80. The number of methoxy groups -OCH3 is 1. The molecule has 0 aromatic heterocycles. The molecule has 2 aliphatic rings. The van der Waals surface area contributed by atoms with Crippen LogP contribution in [0.2, 0.25) is 0 Å². The van der Waals surface area contributed by atoms with Gasteiger partial charge in [-0.25, -0.2) is 0 Å². The molecule has 0 radical (unpaired) electrons. The highest BCUT2D eigenvalue weighted by molar-refractivity contribution is 5.80. The molecule has 0 saturated heterocycles. The van der Waals surface area contributed by atoms with Crippen molar-refractivity contribution in [3.8, 4) is 28.7 Å². The molecular weight excluding hydrogens is 472 g/mol. The van der Waals surface area contributed by atoms with Gasteiger partial charge in [-0.3, -0.25) is 4.79 Å². The number of ether oxygens (including phenoxy) is 5. The first-order valence-electron chi connectivity index (χ1n) is 12.7. The summed E-state index contributed by atoms with van der Waals surface area (Å²) in [4.78, 5) is 13.0. The first kappa shape index (κ1) is 24.8. The van der Waals surface area contributed by atoms with Gasteiger partial charge in [0.1, 0.15) is 17.2 Å². The van der Waals surface area contributed by atoms with Gasteiger partial charge >= 0.3 is 5.97 Å². The van der Waals surface area contributed by atoms with Crippen molar-refractivity contribution >= 4 is 5.97 Å². The van der Waals surface area contributed by atoms with E-state index in [4.69, 9.17) is 23.7 Å². The molecule has 1 aliphatic heterocycles. The van der Waals surface area contributed by atoms with Gasteiger partial charge in [0.2, 0.25) is 6.79 Å². The Morgan fingerprint density at radius 3 is 2.41 bits per heavy atom. The fourth-order valence-electron chi connectivity index (χ4n) is 5.54. The third-order valence-corrected chi connectivity index (χ3v) is 7.12. The molecule has 37 heavy (non-hydrogen) atoms. The van der Waals surface area contributed by atoms with Crippen molar-refractivity contribution in [2.24, 2.45) is 5.92 Å². The van der Waals surface area contributed by atoms with Crippen LogP contribution < -0.4 is 23.7 Å². The first-order valence-corrected chi connectivity index (χ1v) is 12.7. The average Bonchev–Trinajstić information content (AvgIpc) is 3.53. The van der Waals surface area contributed by atoms with Crippen LogP contribution in [-0.2, 0) is 16.6 Å². The highest BCUT2D eigenvalue weighted by atomic mass is 16.7. The molecule has 0 amide bonds. The van der Waals surface area contributed by atoms with Crippen molar-refractivity contribution in [2.45, 2.75) is 38.5 Å². The number of benzene rings is 3. The zero-order valence-corrected chi connectivity index (χ0v) is 21.4. The molecule has 0 bridgehead atoms. The van der Waals surface area contributed by atoms with Gasteiger partial charge in [0, 0.05) is 11.6 Å². The van der Waals surface area contributed by atoms with Crippen LogP contribution in [0.4, 0.5) is 0 Å². The molecule has 5 rings (SSSR count). The molecule has 1 aliphatic carbocycles. The van der Waals surface area contributed by atoms with Gasteiger partial charge in [-0.15, -0.1) is 0 Å². The maximum Gasteiger partial charge on any atom is 0.308 e. The molecule has 1 heterocycles. The standard InChI is InChI=1S/C30H32O7/c1-4-12-34-22-8-9-23-19(14-22)15-25(29(31)32)30(23,20-6-11-26-28(16-20)37-18-36-26)24-10-7-21(33-3)17-27(24)35-13-5-2/h6-11,14,16-17,25H,4-5,12-13,15,18H2,1-3H3,(H,31,32). The number of fused-ring (bicyclic) bond motifs is 2. The molecular formula is C30H32O7. The van der Waals surface area contributed by atoms with E-state index < -0.39 is 17.3 Å². The third-order valence-electron chi connectivity index (χ3n) is 7.12. The highest BCUT2D eigenvalue weighted by Crippen LogP contribution is 2.57. The number of aliphatic carboxylic acids is 1. The molecule has 1 N–H and O–H groups in total. The fraction of sp³-hybridized carbons (Fsp3) is 0.367. The minimum atomic E-state index is -1.04. The van der Waals surface area contributed by atoms with Crippen LogP contribution in [0.25, 0.3) is 0 Å². The molecule has 0 spiro atoms. The highest BCUT2D eigenvalue weighted by Gasteiger charge is 2.54. The summed E-state index contributed by atoms with van der Waals surface area (Å²) in [7, 11) is 1.61. The topological polar surface area (TPSA) is 83.5 Å². The van der Waals surface area contributed by atoms with Gasteiger partial charge in [-0.05, 0) is 66.3 Å². The van der Waals surface area contributed by atoms with E-state index in [-0.39, 0.29) is 6.79 Å². The number of carboxylic acids is 1. The molecule has 7 nitrogen and oxygen atoms in total. The lowest BCUT2D eigenvalue weighted by molar-refractivity contribution is -0.142. The Hall–Kier alpha value is -3.87. The summed E-state index contributed by atoms with van der Waals surface area (Å²) in [5.41, 5.74) is 2.39. The maximum atomic E-state index is 13.0. The monoisotopic (exact) mass is 504 g/mol. The van der Waals surface area contributed by atoms with Crippen molar-refractivity contribution in [3.05, 3.63) is 76.9 Å². The van der Waals surface area contributed by atoms with E-state index in [0.717, 1.165) is 40.8 Å². The van der Waals surface area contributed by atoms with Crippen LogP contribution in [0.5, 0.6) is 28.7 Å². The lowest BCUT2D eigenvalue weighted by Gasteiger charge is -2.37. The van der Waals surface area contributed by atoms with Gasteiger partial charge < -0.3 is 28.8 Å². The minimum Gasteiger partial charge on any atom is -0.497 e. The van der Waals surface area contributed by atoms with Crippen LogP contribution >= 0.6 is 0 Å². The van der Waals surface area contributed by atoms with Crippen LogP contribution in [0.1, 0.15) is 48.9 Å². The van der Waals surface area contributed by atoms with E-state index >= 15 is 0 Å². The summed E-state index contributed by atoms with van der Waals surface area (Å²) < 4.78 is 28.9. The molecule has 0 fully saturated rings. The zero-order valence-electron chi connectivity index (χ0n) is 21.4. The van der Waals surface area contributed by atoms with Gasteiger partial charge in [-0.1, -0.05) is 32.0 Å². The number of hydrogen-bond acceptors (Lipinski definition) is 6. The summed E-state index contributed by atoms with van der Waals surface area (Å²) in [5.74, 6) is 1.55. The van der Waals surface area contributed by atoms with Crippen LogP contribution in [-0.4, -0.2) is 38.2 Å². The second kappa shape index (κ2) is 10.2. The fourth-order valence-corrected chi connectivity index (χ4v) is 5.54. The smallest absolute Gasteiger partial charge is 0.308 e. The molecule has 2 atom stereocenters. The predicted octanol–water partition coefficient (Wildman–Crippen LogP) is 5.59. The number of hydrogen-bond donors (Lipinski definition) is 1. The summed E-state index contributed by atoms with van der Waals surface area (Å²) in [6.45, 7) is 5.32. The Kier molecular flexibility index (Phi) is 6.87. The molecule has 2 unspecified atom stereocenters. The van der Waals surface area contributed by atoms with Crippen molar-refractivity contribution in [1.82, 2.24) is 0 Å². The summed E-state index contributed by atoms with van der Waals surface area (Å²) in [5, 5.41) is 10.7. The summed E-state index contributed by atoms with van der Waals surface area (Å²) in [6.07, 6.45) is 2.05. The number of carbonyl (C=O) groups is 1. The molecule has 7 heteroatoms. The number of rotatable bonds is 10. The van der Waals surface area contributed by atoms with Crippen molar-refractivity contribution in [3.63, 3.8) is 0 Å². The summed E-state index contributed by atoms with van der Waals surface area (Å²) >= 11 is 0. The summed E-state index contributed by atoms with van der Waals surface area (Å²) in [6, 6.07) is 17.2. The van der Waals surface area contributed by atoms with E-state index in [1.807, 2.05) is 61.5 Å². The van der Waals surface area contributed by atoms with Crippen molar-refractivity contribution < 1.29 is 33.6 Å². The van der Waals surface area contributed by atoms with E-state index in [0.29, 0.717) is 42.6 Å². The van der Waals surface area contributed by atoms with E-state index in [2.05, 4.69) is 6.92 Å². The second-order valence-electron chi connectivity index (χ2n) is 9.35. The van der Waals surface area contributed by atoms with Crippen molar-refractivity contribution in [1.29, 1.82) is 0 Å². The van der Waals surface area contributed by atoms with Crippen LogP contribution in [0, 0.1) is 5.92 Å². The number of carboxylic acid groups (broad SMARTS) is 1. The maximum absolute atomic E-state index is 13.0. The largest absolute Gasteiger partial charge is 0.497 e. The van der Waals surface area contributed by atoms with Gasteiger partial charge in [0.25, 0.3) is 0 Å². The Morgan fingerprint density at radius 1 is 0.919 bits per heavy atom.